The number of rotatable bonds is 4. The van der Waals surface area contributed by atoms with Gasteiger partial charge in [-0.25, -0.2) is 9.97 Å². The van der Waals surface area contributed by atoms with E-state index in [2.05, 4.69) is 65.8 Å². The summed E-state index contributed by atoms with van der Waals surface area (Å²) in [6.07, 6.45) is 4.50. The number of aromatic amines is 1. The molecule has 0 saturated heterocycles. The van der Waals surface area contributed by atoms with Crippen LogP contribution in [0.4, 0.5) is 5.82 Å². The maximum atomic E-state index is 5.01. The Morgan fingerprint density at radius 1 is 0.929 bits per heavy atom. The van der Waals surface area contributed by atoms with Gasteiger partial charge in [-0.2, -0.15) is 0 Å². The quantitative estimate of drug-likeness (QED) is 0.505. The van der Waals surface area contributed by atoms with E-state index >= 15 is 0 Å². The lowest BCUT2D eigenvalue weighted by molar-refractivity contribution is 0.664. The number of nitrogens with one attached hydrogen (secondary N) is 2. The fourth-order valence-corrected chi connectivity index (χ4v) is 4.20. The summed E-state index contributed by atoms with van der Waals surface area (Å²) in [4.78, 5) is 13.5. The van der Waals surface area contributed by atoms with Crippen LogP contribution in [-0.4, -0.2) is 15.0 Å². The second-order valence-electron chi connectivity index (χ2n) is 7.54. The Kier molecular flexibility index (Phi) is 4.32. The molecule has 2 aromatic heterocycles. The number of nitrogens with zero attached hydrogens (tertiary/aromatic N) is 2. The molecule has 4 nitrogen and oxygen atoms in total. The van der Waals surface area contributed by atoms with Crippen molar-refractivity contribution >= 4 is 16.7 Å². The molecular weight excluding hydrogens is 344 g/mol. The number of anilines is 1. The summed E-state index contributed by atoms with van der Waals surface area (Å²) in [7, 11) is 0. The molecule has 0 aliphatic heterocycles. The van der Waals surface area contributed by atoms with Crippen molar-refractivity contribution in [2.45, 2.75) is 39.2 Å². The fraction of sp³-hybridized carbons (Fsp3) is 0.250. The van der Waals surface area contributed by atoms with Gasteiger partial charge in [-0.05, 0) is 44.2 Å². The van der Waals surface area contributed by atoms with Crippen LogP contribution in [0.25, 0.3) is 22.3 Å². The standard InChI is InChI=1S/C24H24N4/c1-16-22(18-11-5-7-13-20(18)26-16)24-27-21-14-8-6-12-19(21)23(28-24)25-15-17-9-3-2-4-10-17/h2-5,7,9-11,13,26H,6,8,12,14-15H2,1H3,(H,25,27,28). The van der Waals surface area contributed by atoms with Crippen LogP contribution in [0.15, 0.2) is 54.6 Å². The molecule has 1 aliphatic rings. The average molecular weight is 368 g/mol. The lowest BCUT2D eigenvalue weighted by Gasteiger charge is -2.20. The number of para-hydroxylation sites is 1. The number of H-pyrrole nitrogens is 1. The van der Waals surface area contributed by atoms with Crippen molar-refractivity contribution in [3.05, 3.63) is 77.1 Å². The fourth-order valence-electron chi connectivity index (χ4n) is 4.20. The van der Waals surface area contributed by atoms with E-state index in [4.69, 9.17) is 9.97 Å². The van der Waals surface area contributed by atoms with Gasteiger partial charge in [-0.15, -0.1) is 0 Å². The van der Waals surface area contributed by atoms with Crippen LogP contribution in [-0.2, 0) is 19.4 Å². The van der Waals surface area contributed by atoms with Gasteiger partial charge in [0, 0.05) is 40.0 Å². The molecule has 0 amide bonds. The first-order chi connectivity index (χ1) is 13.8. The summed E-state index contributed by atoms with van der Waals surface area (Å²) in [6.45, 7) is 2.88. The zero-order valence-corrected chi connectivity index (χ0v) is 16.1. The summed E-state index contributed by atoms with van der Waals surface area (Å²) in [6, 6.07) is 18.9. The molecule has 0 atom stereocenters. The van der Waals surface area contributed by atoms with Gasteiger partial charge in [0.2, 0.25) is 0 Å². The molecule has 28 heavy (non-hydrogen) atoms. The Bertz CT molecular complexity index is 1130. The summed E-state index contributed by atoms with van der Waals surface area (Å²) >= 11 is 0. The van der Waals surface area contributed by atoms with Gasteiger partial charge in [0.25, 0.3) is 0 Å². The van der Waals surface area contributed by atoms with Crippen molar-refractivity contribution in [2.75, 3.05) is 5.32 Å². The first-order valence-electron chi connectivity index (χ1n) is 10.0. The van der Waals surface area contributed by atoms with Gasteiger partial charge in [-0.1, -0.05) is 48.5 Å². The van der Waals surface area contributed by atoms with Crippen LogP contribution in [0.1, 0.15) is 35.4 Å². The molecule has 2 aromatic carbocycles. The van der Waals surface area contributed by atoms with Crippen LogP contribution in [0.3, 0.4) is 0 Å². The predicted octanol–water partition coefficient (Wildman–Crippen LogP) is 5.42. The molecule has 1 aliphatic carbocycles. The Labute approximate surface area is 165 Å². The molecular formula is C24H24N4. The number of fused-ring (bicyclic) bond motifs is 2. The number of benzene rings is 2. The highest BCUT2D eigenvalue weighted by molar-refractivity contribution is 5.95. The third kappa shape index (κ3) is 3.05. The first-order valence-corrected chi connectivity index (χ1v) is 10.0. The van der Waals surface area contributed by atoms with E-state index in [9.17, 15) is 0 Å². The number of hydrogen-bond donors (Lipinski definition) is 2. The zero-order chi connectivity index (χ0) is 18.9. The minimum atomic E-state index is 0.774. The molecule has 0 radical (unpaired) electrons. The third-order valence-corrected chi connectivity index (χ3v) is 5.60. The van der Waals surface area contributed by atoms with Crippen molar-refractivity contribution in [1.82, 2.24) is 15.0 Å². The number of aromatic nitrogens is 3. The topological polar surface area (TPSA) is 53.6 Å². The SMILES string of the molecule is Cc1[nH]c2ccccc2c1-c1nc2c(c(NCc3ccccc3)n1)CCCC2. The van der Waals surface area contributed by atoms with Crippen molar-refractivity contribution in [2.24, 2.45) is 0 Å². The predicted molar refractivity (Wildman–Crippen MR) is 114 cm³/mol. The summed E-state index contributed by atoms with van der Waals surface area (Å²) < 4.78 is 0. The highest BCUT2D eigenvalue weighted by Gasteiger charge is 2.21. The average Bonchev–Trinajstić information content (AvgIpc) is 3.08. The van der Waals surface area contributed by atoms with E-state index < -0.39 is 0 Å². The van der Waals surface area contributed by atoms with Gasteiger partial charge in [0.15, 0.2) is 5.82 Å². The van der Waals surface area contributed by atoms with Gasteiger partial charge in [0.1, 0.15) is 5.82 Å². The smallest absolute Gasteiger partial charge is 0.164 e. The van der Waals surface area contributed by atoms with Crippen molar-refractivity contribution in [3.8, 4) is 11.4 Å². The van der Waals surface area contributed by atoms with Crippen molar-refractivity contribution in [1.29, 1.82) is 0 Å². The Morgan fingerprint density at radius 3 is 2.61 bits per heavy atom. The highest BCUT2D eigenvalue weighted by Crippen LogP contribution is 2.33. The molecule has 0 spiro atoms. The minimum absolute atomic E-state index is 0.774. The van der Waals surface area contributed by atoms with Gasteiger partial charge < -0.3 is 10.3 Å². The normalized spacial score (nSPS) is 13.5. The zero-order valence-electron chi connectivity index (χ0n) is 16.1. The van der Waals surface area contributed by atoms with E-state index in [-0.39, 0.29) is 0 Å². The third-order valence-electron chi connectivity index (χ3n) is 5.60. The monoisotopic (exact) mass is 368 g/mol. The molecule has 140 valence electrons. The van der Waals surface area contributed by atoms with Crippen LogP contribution in [0.5, 0.6) is 0 Å². The lowest BCUT2D eigenvalue weighted by atomic mass is 9.96. The van der Waals surface area contributed by atoms with E-state index in [1.165, 1.54) is 35.0 Å². The molecule has 0 unspecified atom stereocenters. The maximum absolute atomic E-state index is 5.01. The van der Waals surface area contributed by atoms with Crippen LogP contribution in [0.2, 0.25) is 0 Å². The highest BCUT2D eigenvalue weighted by atomic mass is 15.0. The maximum Gasteiger partial charge on any atom is 0.164 e. The van der Waals surface area contributed by atoms with Gasteiger partial charge >= 0.3 is 0 Å². The van der Waals surface area contributed by atoms with Crippen LogP contribution >= 0.6 is 0 Å². The van der Waals surface area contributed by atoms with E-state index in [1.807, 2.05) is 6.07 Å². The summed E-state index contributed by atoms with van der Waals surface area (Å²) in [5, 5.41) is 4.78. The summed E-state index contributed by atoms with van der Waals surface area (Å²) in [5.74, 6) is 1.82. The Hall–Kier alpha value is -3.14. The van der Waals surface area contributed by atoms with E-state index in [0.29, 0.717) is 0 Å². The van der Waals surface area contributed by atoms with Crippen LogP contribution < -0.4 is 5.32 Å². The molecule has 4 aromatic rings. The number of hydrogen-bond acceptors (Lipinski definition) is 3. The molecule has 0 fully saturated rings. The minimum Gasteiger partial charge on any atom is -0.366 e. The van der Waals surface area contributed by atoms with Crippen LogP contribution in [0, 0.1) is 6.92 Å². The molecule has 4 heteroatoms. The van der Waals surface area contributed by atoms with Crippen molar-refractivity contribution in [3.63, 3.8) is 0 Å². The van der Waals surface area contributed by atoms with Crippen molar-refractivity contribution < 1.29 is 0 Å². The number of aryl methyl sites for hydroxylation is 2. The molecule has 0 bridgehead atoms. The molecule has 0 saturated carbocycles. The second kappa shape index (κ2) is 7.12. The molecule has 2 heterocycles. The Balaban J connectivity index is 1.60. The molecule has 5 rings (SSSR count). The lowest BCUT2D eigenvalue weighted by Crippen LogP contribution is -2.13. The first kappa shape index (κ1) is 17.0. The molecule has 2 N–H and O–H groups in total. The largest absolute Gasteiger partial charge is 0.366 e. The Morgan fingerprint density at radius 2 is 1.71 bits per heavy atom. The van der Waals surface area contributed by atoms with E-state index in [0.717, 1.165) is 47.8 Å². The van der Waals surface area contributed by atoms with Gasteiger partial charge in [0.05, 0.1) is 0 Å². The summed E-state index contributed by atoms with van der Waals surface area (Å²) in [5.41, 5.74) is 7.13. The van der Waals surface area contributed by atoms with E-state index in [1.54, 1.807) is 0 Å². The van der Waals surface area contributed by atoms with Gasteiger partial charge in [-0.3, -0.25) is 0 Å². The second-order valence-corrected chi connectivity index (χ2v) is 7.54.